The fourth-order valence-corrected chi connectivity index (χ4v) is 4.61. The Morgan fingerprint density at radius 3 is 3.09 bits per heavy atom. The number of nitrogens with zero attached hydrogens (tertiary/aromatic N) is 3. The van der Waals surface area contributed by atoms with Crippen molar-refractivity contribution in [2.24, 2.45) is 7.05 Å². The third-order valence-corrected chi connectivity index (χ3v) is 6.62. The van der Waals surface area contributed by atoms with Gasteiger partial charge in [0.2, 0.25) is 5.91 Å². The standard InChI is InChI=1S/C15H20N4OS3/c1-19-14(11-4-5-11)17-18-15(19)23-10-13(20)16-6-8-21-9-12-3-2-7-22-12/h2-3,7,11H,4-6,8-10H2,1H3,(H,16,20). The predicted octanol–water partition coefficient (Wildman–Crippen LogP) is 2.90. The SMILES string of the molecule is Cn1c(SCC(=O)NCCSCc2cccs2)nnc1C1CC1. The van der Waals surface area contributed by atoms with Crippen molar-refractivity contribution >= 4 is 40.8 Å². The van der Waals surface area contributed by atoms with Crippen molar-refractivity contribution in [3.63, 3.8) is 0 Å². The van der Waals surface area contributed by atoms with Gasteiger partial charge >= 0.3 is 0 Å². The first-order chi connectivity index (χ1) is 11.2. The second-order valence-electron chi connectivity index (χ2n) is 5.44. The Kier molecular flexibility index (Phi) is 6.02. The zero-order chi connectivity index (χ0) is 16.1. The van der Waals surface area contributed by atoms with Crippen molar-refractivity contribution in [1.82, 2.24) is 20.1 Å². The molecule has 1 fully saturated rings. The van der Waals surface area contributed by atoms with Gasteiger partial charge < -0.3 is 9.88 Å². The molecular weight excluding hydrogens is 348 g/mol. The lowest BCUT2D eigenvalue weighted by molar-refractivity contribution is -0.118. The van der Waals surface area contributed by atoms with E-state index in [4.69, 9.17) is 0 Å². The summed E-state index contributed by atoms with van der Waals surface area (Å²) in [5.74, 6) is 4.04. The number of rotatable bonds is 9. The minimum absolute atomic E-state index is 0.0581. The van der Waals surface area contributed by atoms with E-state index in [0.717, 1.165) is 22.5 Å². The van der Waals surface area contributed by atoms with Gasteiger partial charge in [0.25, 0.3) is 0 Å². The highest BCUT2D eigenvalue weighted by atomic mass is 32.2. The second-order valence-corrected chi connectivity index (χ2v) is 8.52. The van der Waals surface area contributed by atoms with Gasteiger partial charge in [-0.05, 0) is 24.3 Å². The molecule has 8 heteroatoms. The smallest absolute Gasteiger partial charge is 0.230 e. The molecule has 2 aromatic rings. The average molecular weight is 369 g/mol. The van der Waals surface area contributed by atoms with Crippen LogP contribution < -0.4 is 5.32 Å². The van der Waals surface area contributed by atoms with E-state index in [9.17, 15) is 4.79 Å². The maximum Gasteiger partial charge on any atom is 0.230 e. The minimum Gasteiger partial charge on any atom is -0.355 e. The summed E-state index contributed by atoms with van der Waals surface area (Å²) in [5.41, 5.74) is 0. The van der Waals surface area contributed by atoms with Crippen LogP contribution in [0.2, 0.25) is 0 Å². The number of hydrogen-bond donors (Lipinski definition) is 1. The van der Waals surface area contributed by atoms with Gasteiger partial charge in [-0.1, -0.05) is 17.8 Å². The lowest BCUT2D eigenvalue weighted by Crippen LogP contribution is -2.27. The Hall–Kier alpha value is -0.990. The molecule has 124 valence electrons. The van der Waals surface area contributed by atoms with Crippen LogP contribution in [0.3, 0.4) is 0 Å². The van der Waals surface area contributed by atoms with Crippen molar-refractivity contribution in [3.8, 4) is 0 Å². The molecule has 1 amide bonds. The van der Waals surface area contributed by atoms with Gasteiger partial charge in [-0.2, -0.15) is 11.8 Å². The summed E-state index contributed by atoms with van der Waals surface area (Å²) >= 11 is 5.08. The molecule has 0 atom stereocenters. The van der Waals surface area contributed by atoms with E-state index in [1.807, 2.05) is 23.4 Å². The number of hydrogen-bond acceptors (Lipinski definition) is 6. The number of thiophene rings is 1. The third kappa shape index (κ3) is 4.99. The van der Waals surface area contributed by atoms with Gasteiger partial charge in [-0.25, -0.2) is 0 Å². The van der Waals surface area contributed by atoms with Crippen LogP contribution in [-0.4, -0.2) is 38.7 Å². The fraction of sp³-hybridized carbons (Fsp3) is 0.533. The quantitative estimate of drug-likeness (QED) is 0.545. The third-order valence-electron chi connectivity index (χ3n) is 3.54. The Labute approximate surface area is 148 Å². The van der Waals surface area contributed by atoms with Crippen molar-refractivity contribution in [1.29, 1.82) is 0 Å². The van der Waals surface area contributed by atoms with E-state index in [2.05, 4.69) is 33.0 Å². The van der Waals surface area contributed by atoms with Crippen molar-refractivity contribution in [3.05, 3.63) is 28.2 Å². The first kappa shape index (κ1) is 16.9. The highest BCUT2D eigenvalue weighted by Gasteiger charge is 2.29. The molecule has 0 radical (unpaired) electrons. The van der Waals surface area contributed by atoms with Gasteiger partial charge in [-0.15, -0.1) is 21.5 Å². The topological polar surface area (TPSA) is 59.8 Å². The van der Waals surface area contributed by atoms with Crippen LogP contribution in [-0.2, 0) is 17.6 Å². The molecule has 3 rings (SSSR count). The molecule has 5 nitrogen and oxygen atoms in total. The van der Waals surface area contributed by atoms with E-state index in [0.29, 0.717) is 18.2 Å². The summed E-state index contributed by atoms with van der Waals surface area (Å²) in [4.78, 5) is 13.3. The van der Waals surface area contributed by atoms with Crippen LogP contribution in [0.5, 0.6) is 0 Å². The zero-order valence-corrected chi connectivity index (χ0v) is 15.5. The normalized spacial score (nSPS) is 14.1. The highest BCUT2D eigenvalue weighted by molar-refractivity contribution is 7.99. The first-order valence-electron chi connectivity index (χ1n) is 7.63. The molecule has 0 aliphatic heterocycles. The summed E-state index contributed by atoms with van der Waals surface area (Å²) in [6, 6.07) is 4.21. The Bertz CT molecular complexity index is 637. The highest BCUT2D eigenvalue weighted by Crippen LogP contribution is 2.39. The lowest BCUT2D eigenvalue weighted by Gasteiger charge is -2.05. The van der Waals surface area contributed by atoms with Crippen molar-refractivity contribution < 1.29 is 4.79 Å². The second kappa shape index (κ2) is 8.21. The van der Waals surface area contributed by atoms with E-state index in [1.54, 1.807) is 11.3 Å². The predicted molar refractivity (Wildman–Crippen MR) is 97.2 cm³/mol. The maximum absolute atomic E-state index is 11.9. The number of aromatic nitrogens is 3. The van der Waals surface area contributed by atoms with E-state index in [1.165, 1.54) is 29.5 Å². The van der Waals surface area contributed by atoms with Crippen LogP contribution in [0.25, 0.3) is 0 Å². The molecule has 0 saturated heterocycles. The van der Waals surface area contributed by atoms with Crippen LogP contribution in [0.15, 0.2) is 22.7 Å². The number of carbonyl (C=O) groups is 1. The van der Waals surface area contributed by atoms with Gasteiger partial charge in [-0.3, -0.25) is 4.79 Å². The molecule has 0 unspecified atom stereocenters. The van der Waals surface area contributed by atoms with Gasteiger partial charge in [0.1, 0.15) is 5.82 Å². The monoisotopic (exact) mass is 368 g/mol. The van der Waals surface area contributed by atoms with Crippen molar-refractivity contribution in [2.45, 2.75) is 29.7 Å². The zero-order valence-electron chi connectivity index (χ0n) is 13.0. The summed E-state index contributed by atoms with van der Waals surface area (Å²) in [6.45, 7) is 0.710. The summed E-state index contributed by atoms with van der Waals surface area (Å²) in [7, 11) is 1.98. The number of thioether (sulfide) groups is 2. The molecule has 0 bridgehead atoms. The van der Waals surface area contributed by atoms with Gasteiger partial charge in [0.05, 0.1) is 5.75 Å². The van der Waals surface area contributed by atoms with E-state index < -0.39 is 0 Å². The van der Waals surface area contributed by atoms with Gasteiger partial charge in [0.15, 0.2) is 5.16 Å². The molecule has 2 aromatic heterocycles. The van der Waals surface area contributed by atoms with Crippen molar-refractivity contribution in [2.75, 3.05) is 18.1 Å². The molecule has 1 aliphatic rings. The van der Waals surface area contributed by atoms with Crippen LogP contribution >= 0.6 is 34.9 Å². The van der Waals surface area contributed by atoms with Crippen LogP contribution in [0, 0.1) is 0 Å². The average Bonchev–Trinajstić information content (AvgIpc) is 3.12. The molecule has 23 heavy (non-hydrogen) atoms. The molecule has 1 saturated carbocycles. The summed E-state index contributed by atoms with van der Waals surface area (Å²) in [5, 5.41) is 14.3. The molecular formula is C15H20N4OS3. The molecule has 0 spiro atoms. The van der Waals surface area contributed by atoms with Crippen LogP contribution in [0.4, 0.5) is 0 Å². The number of carbonyl (C=O) groups excluding carboxylic acids is 1. The number of nitrogens with one attached hydrogen (secondary N) is 1. The Morgan fingerprint density at radius 2 is 2.35 bits per heavy atom. The number of amides is 1. The Balaban J connectivity index is 1.30. The lowest BCUT2D eigenvalue weighted by atomic mass is 10.4. The minimum atomic E-state index is 0.0581. The molecule has 1 N–H and O–H groups in total. The summed E-state index contributed by atoms with van der Waals surface area (Å²) < 4.78 is 2.02. The molecule has 1 aliphatic carbocycles. The Morgan fingerprint density at radius 1 is 1.48 bits per heavy atom. The maximum atomic E-state index is 11.9. The van der Waals surface area contributed by atoms with Gasteiger partial charge in [0, 0.05) is 35.9 Å². The first-order valence-corrected chi connectivity index (χ1v) is 10.6. The fourth-order valence-electron chi connectivity index (χ4n) is 2.16. The molecule has 2 heterocycles. The van der Waals surface area contributed by atoms with E-state index in [-0.39, 0.29) is 5.91 Å². The summed E-state index contributed by atoms with van der Waals surface area (Å²) in [6.07, 6.45) is 2.42. The molecule has 0 aromatic carbocycles. The van der Waals surface area contributed by atoms with Crippen LogP contribution in [0.1, 0.15) is 29.5 Å². The largest absolute Gasteiger partial charge is 0.355 e. The van der Waals surface area contributed by atoms with E-state index >= 15 is 0 Å².